The zero-order chi connectivity index (χ0) is 8.27. The van der Waals surface area contributed by atoms with Crippen molar-refractivity contribution in [2.45, 2.75) is 17.5 Å². The minimum absolute atomic E-state index is 1.20. The van der Waals surface area contributed by atoms with E-state index in [4.69, 9.17) is 0 Å². The molecule has 0 amide bonds. The molecule has 0 radical (unpaired) electrons. The van der Waals surface area contributed by atoms with Gasteiger partial charge in [0.1, 0.15) is 0 Å². The third-order valence-corrected chi connectivity index (χ3v) is 13.4. The number of rotatable bonds is 2. The topological polar surface area (TPSA) is 6.48 Å². The first-order chi connectivity index (χ1) is 5.24. The van der Waals surface area contributed by atoms with E-state index in [0.29, 0.717) is 0 Å². The fourth-order valence-electron chi connectivity index (χ4n) is 1.75. The van der Waals surface area contributed by atoms with Crippen LogP contribution in [0.1, 0.15) is 13.3 Å². The fraction of sp³-hybridized carbons (Fsp3) is 1.00. The van der Waals surface area contributed by atoms with Crippen LogP contribution >= 0.6 is 0 Å². The molecule has 0 saturated carbocycles. The second-order valence-electron chi connectivity index (χ2n) is 3.69. The first-order valence-electron chi connectivity index (χ1n) is 4.62. The molecule has 64 valence electrons. The number of nitrogens with zero attached hydrogens (tertiary/aromatic N) is 2. The Morgan fingerprint density at radius 3 is 2.64 bits per heavy atom. The average molecular weight is 258 g/mol. The van der Waals surface area contributed by atoms with Crippen molar-refractivity contribution in [3.05, 3.63) is 0 Å². The normalized spacial score (nSPS) is 22.6. The molecule has 0 aliphatic carbocycles. The standard InChI is InChI=1S/C5H12N2.C3H7.In/c1-6-4-5-7(2)3;1-3-2;/h2,4-5H2,1,3H3;1,3H2,2H3;/q-1;;+1. The molecular formula is C8H19InN2. The SMILES string of the molecule is CC[CH2][In]1[CH2]N(C)CC[N]1C. The zero-order valence-electron chi connectivity index (χ0n) is 8.01. The van der Waals surface area contributed by atoms with Gasteiger partial charge in [0.25, 0.3) is 0 Å². The summed E-state index contributed by atoms with van der Waals surface area (Å²) in [5.74, 6) is 0. The summed E-state index contributed by atoms with van der Waals surface area (Å²) in [6.07, 6.45) is 1.40. The van der Waals surface area contributed by atoms with Gasteiger partial charge < -0.3 is 0 Å². The maximum atomic E-state index is 2.70. The van der Waals surface area contributed by atoms with Crippen LogP contribution in [-0.2, 0) is 0 Å². The molecule has 2 nitrogen and oxygen atoms in total. The van der Waals surface area contributed by atoms with E-state index < -0.39 is 21.7 Å². The molecule has 0 unspecified atom stereocenters. The van der Waals surface area contributed by atoms with Crippen LogP contribution < -0.4 is 0 Å². The summed E-state index contributed by atoms with van der Waals surface area (Å²) in [6.45, 7) is 4.93. The van der Waals surface area contributed by atoms with Gasteiger partial charge in [-0.25, -0.2) is 0 Å². The maximum absolute atomic E-state index is 2.70. The Morgan fingerprint density at radius 2 is 2.00 bits per heavy atom. The Hall–Kier alpha value is 0.790. The summed E-state index contributed by atoms with van der Waals surface area (Å²) in [5, 5.41) is 0. The fourth-order valence-corrected chi connectivity index (χ4v) is 10.2. The summed E-state index contributed by atoms with van der Waals surface area (Å²) in [4.78, 5) is 2.52. The molecule has 0 bridgehead atoms. The van der Waals surface area contributed by atoms with Gasteiger partial charge >= 0.3 is 78.5 Å². The molecule has 3 heteroatoms. The van der Waals surface area contributed by atoms with Crippen LogP contribution in [-0.4, -0.2) is 61.0 Å². The van der Waals surface area contributed by atoms with Crippen LogP contribution in [0.25, 0.3) is 0 Å². The number of hydrogen-bond donors (Lipinski definition) is 0. The van der Waals surface area contributed by atoms with E-state index in [9.17, 15) is 0 Å². The van der Waals surface area contributed by atoms with Gasteiger partial charge in [0, 0.05) is 0 Å². The second kappa shape index (κ2) is 4.73. The molecule has 1 fully saturated rings. The van der Waals surface area contributed by atoms with E-state index in [1.807, 2.05) is 0 Å². The Balaban J connectivity index is 2.34. The van der Waals surface area contributed by atoms with Crippen molar-refractivity contribution >= 4 is 21.7 Å². The van der Waals surface area contributed by atoms with Crippen molar-refractivity contribution in [2.24, 2.45) is 0 Å². The van der Waals surface area contributed by atoms with Crippen molar-refractivity contribution in [3.8, 4) is 0 Å². The summed E-state index contributed by atoms with van der Waals surface area (Å²) >= 11 is -1.20. The van der Waals surface area contributed by atoms with E-state index >= 15 is 0 Å². The molecule has 0 aromatic heterocycles. The predicted molar refractivity (Wildman–Crippen MR) is 51.0 cm³/mol. The van der Waals surface area contributed by atoms with Crippen molar-refractivity contribution in [1.29, 1.82) is 0 Å². The van der Waals surface area contributed by atoms with Crippen LogP contribution in [0.2, 0.25) is 4.18 Å². The molecule has 1 rings (SSSR count). The summed E-state index contributed by atoms with van der Waals surface area (Å²) < 4.78 is 5.72. The van der Waals surface area contributed by atoms with Crippen LogP contribution in [0.4, 0.5) is 0 Å². The van der Waals surface area contributed by atoms with Gasteiger partial charge in [0.2, 0.25) is 0 Å². The molecule has 11 heavy (non-hydrogen) atoms. The first-order valence-corrected chi connectivity index (χ1v) is 10.8. The number of hydrogen-bond acceptors (Lipinski definition) is 2. The number of likely N-dealkylation sites (N-methyl/N-ethyl adjacent to an activating group) is 2. The third kappa shape index (κ3) is 2.96. The Labute approximate surface area is 78.5 Å². The molecule has 0 aromatic rings. The third-order valence-electron chi connectivity index (χ3n) is 2.60. The van der Waals surface area contributed by atoms with Crippen molar-refractivity contribution in [2.75, 3.05) is 31.5 Å². The molecule has 1 heterocycles. The monoisotopic (exact) mass is 258 g/mol. The molecule has 0 N–H and O–H groups in total. The zero-order valence-corrected chi connectivity index (χ0v) is 11.3. The van der Waals surface area contributed by atoms with Gasteiger partial charge in [0.05, 0.1) is 0 Å². The van der Waals surface area contributed by atoms with Gasteiger partial charge in [-0.05, 0) is 0 Å². The second-order valence-corrected chi connectivity index (χ2v) is 12.6. The molecule has 0 atom stereocenters. The van der Waals surface area contributed by atoms with E-state index in [1.165, 1.54) is 23.8 Å². The Kier molecular flexibility index (Phi) is 4.24. The molecule has 0 aromatic carbocycles. The molecule has 1 aliphatic heterocycles. The van der Waals surface area contributed by atoms with Crippen LogP contribution in [0, 0.1) is 0 Å². The molecular weight excluding hydrogens is 239 g/mol. The summed E-state index contributed by atoms with van der Waals surface area (Å²) in [6, 6.07) is 0. The van der Waals surface area contributed by atoms with Gasteiger partial charge in [-0.15, -0.1) is 0 Å². The van der Waals surface area contributed by atoms with Gasteiger partial charge in [-0.3, -0.25) is 0 Å². The predicted octanol–water partition coefficient (Wildman–Crippen LogP) is 0.804. The van der Waals surface area contributed by atoms with Crippen LogP contribution in [0.3, 0.4) is 0 Å². The van der Waals surface area contributed by atoms with Gasteiger partial charge in [-0.2, -0.15) is 0 Å². The summed E-state index contributed by atoms with van der Waals surface area (Å²) in [7, 11) is 4.61. The molecule has 1 aliphatic rings. The van der Waals surface area contributed by atoms with E-state index in [0.717, 1.165) is 0 Å². The van der Waals surface area contributed by atoms with E-state index in [-0.39, 0.29) is 0 Å². The van der Waals surface area contributed by atoms with Crippen molar-refractivity contribution < 1.29 is 0 Å². The van der Waals surface area contributed by atoms with E-state index in [1.54, 1.807) is 4.18 Å². The molecule has 1 saturated heterocycles. The van der Waals surface area contributed by atoms with Gasteiger partial charge in [-0.1, -0.05) is 0 Å². The Morgan fingerprint density at radius 1 is 1.27 bits per heavy atom. The van der Waals surface area contributed by atoms with E-state index in [2.05, 4.69) is 28.8 Å². The quantitative estimate of drug-likeness (QED) is 0.723. The van der Waals surface area contributed by atoms with Crippen molar-refractivity contribution in [3.63, 3.8) is 0 Å². The molecule has 0 spiro atoms. The Bertz CT molecular complexity index is 119. The van der Waals surface area contributed by atoms with Crippen LogP contribution in [0.5, 0.6) is 0 Å². The van der Waals surface area contributed by atoms with Crippen LogP contribution in [0.15, 0.2) is 0 Å². The van der Waals surface area contributed by atoms with Gasteiger partial charge in [0.15, 0.2) is 0 Å². The first kappa shape index (κ1) is 9.87. The average Bonchev–Trinajstić information content (AvgIpc) is 1.98. The summed E-state index contributed by atoms with van der Waals surface area (Å²) in [5.41, 5.74) is 0. The minimum atomic E-state index is -1.20. The van der Waals surface area contributed by atoms with Crippen molar-refractivity contribution in [1.82, 2.24) is 7.79 Å².